The zero-order valence-electron chi connectivity index (χ0n) is 22.5. The molecule has 38 heavy (non-hydrogen) atoms. The average molecular weight is 534 g/mol. The predicted molar refractivity (Wildman–Crippen MR) is 149 cm³/mol. The van der Waals surface area contributed by atoms with Gasteiger partial charge < -0.3 is 19.3 Å². The molecule has 7 nitrogen and oxygen atoms in total. The van der Waals surface area contributed by atoms with E-state index < -0.39 is 0 Å². The van der Waals surface area contributed by atoms with Crippen LogP contribution in [-0.2, 0) is 11.2 Å². The van der Waals surface area contributed by atoms with Crippen LogP contribution in [0.25, 0.3) is 0 Å². The van der Waals surface area contributed by atoms with Gasteiger partial charge in [0, 0.05) is 48.7 Å². The van der Waals surface area contributed by atoms with E-state index in [1.165, 1.54) is 21.6 Å². The number of fused-ring (bicyclic) bond motifs is 1. The SMILES string of the molecule is COc1cc(OC)cc(C(=O)N2CCN(C(=O)CN3CCc4sccc4C3c3ccccc3C)CC2C)c1. The Balaban J connectivity index is 1.28. The Morgan fingerprint density at radius 1 is 0.974 bits per heavy atom. The quantitative estimate of drug-likeness (QED) is 0.470. The van der Waals surface area contributed by atoms with Crippen molar-refractivity contribution in [2.45, 2.75) is 32.4 Å². The van der Waals surface area contributed by atoms with Crippen LogP contribution in [-0.4, -0.2) is 79.5 Å². The van der Waals surface area contributed by atoms with Crippen molar-refractivity contribution in [3.05, 3.63) is 81.0 Å². The van der Waals surface area contributed by atoms with E-state index in [-0.39, 0.29) is 23.9 Å². The van der Waals surface area contributed by atoms with Crippen LogP contribution < -0.4 is 9.47 Å². The molecule has 3 heterocycles. The molecule has 2 atom stereocenters. The first-order chi connectivity index (χ1) is 18.4. The van der Waals surface area contributed by atoms with Gasteiger partial charge in [-0.15, -0.1) is 11.3 Å². The number of hydrogen-bond donors (Lipinski definition) is 0. The molecule has 2 aromatic carbocycles. The maximum Gasteiger partial charge on any atom is 0.254 e. The summed E-state index contributed by atoms with van der Waals surface area (Å²) in [5, 5.41) is 2.16. The minimum atomic E-state index is -0.102. The van der Waals surface area contributed by atoms with E-state index >= 15 is 0 Å². The van der Waals surface area contributed by atoms with Crippen molar-refractivity contribution in [2.75, 3.05) is 46.9 Å². The van der Waals surface area contributed by atoms with Crippen LogP contribution in [0.1, 0.15) is 44.9 Å². The second-order valence-electron chi connectivity index (χ2n) is 10.1. The Bertz CT molecular complexity index is 1300. The normalized spacial score (nSPS) is 19.7. The van der Waals surface area contributed by atoms with Crippen molar-refractivity contribution in [1.29, 1.82) is 0 Å². The standard InChI is InChI=1S/C30H35N3O4S/c1-20-7-5-6-8-25(20)29-26-10-14-38-27(26)9-11-32(29)19-28(34)31-12-13-33(21(2)18-31)30(35)22-15-23(36-3)17-24(16-22)37-4/h5-8,10,14-17,21,29H,9,11-13,18-19H2,1-4H3. The highest BCUT2D eigenvalue weighted by Gasteiger charge is 2.35. The van der Waals surface area contributed by atoms with Gasteiger partial charge >= 0.3 is 0 Å². The summed E-state index contributed by atoms with van der Waals surface area (Å²) >= 11 is 1.81. The molecule has 0 N–H and O–H groups in total. The highest BCUT2D eigenvalue weighted by Crippen LogP contribution is 2.38. The van der Waals surface area contributed by atoms with Crippen molar-refractivity contribution in [3.63, 3.8) is 0 Å². The molecule has 2 aliphatic heterocycles. The van der Waals surface area contributed by atoms with E-state index in [0.717, 1.165) is 13.0 Å². The first-order valence-electron chi connectivity index (χ1n) is 13.1. The van der Waals surface area contributed by atoms with Crippen LogP contribution in [0.3, 0.4) is 0 Å². The number of carbonyl (C=O) groups is 2. The summed E-state index contributed by atoms with van der Waals surface area (Å²) in [6, 6.07) is 15.9. The lowest BCUT2D eigenvalue weighted by Gasteiger charge is -2.42. The highest BCUT2D eigenvalue weighted by molar-refractivity contribution is 7.10. The number of nitrogens with zero attached hydrogens (tertiary/aromatic N) is 3. The number of aryl methyl sites for hydroxylation is 1. The van der Waals surface area contributed by atoms with Gasteiger partial charge in [0.15, 0.2) is 0 Å². The molecule has 0 spiro atoms. The number of rotatable bonds is 6. The summed E-state index contributed by atoms with van der Waals surface area (Å²) in [5.74, 6) is 1.19. The van der Waals surface area contributed by atoms with Crippen LogP contribution in [0.15, 0.2) is 53.9 Å². The first kappa shape index (κ1) is 26.3. The van der Waals surface area contributed by atoms with Gasteiger partial charge in [-0.05, 0) is 60.5 Å². The second kappa shape index (κ2) is 11.2. The van der Waals surface area contributed by atoms with Crippen molar-refractivity contribution < 1.29 is 19.1 Å². The van der Waals surface area contributed by atoms with Crippen LogP contribution in [0.5, 0.6) is 11.5 Å². The zero-order valence-corrected chi connectivity index (χ0v) is 23.3. The van der Waals surface area contributed by atoms with E-state index in [9.17, 15) is 9.59 Å². The van der Waals surface area contributed by atoms with Gasteiger partial charge in [0.1, 0.15) is 11.5 Å². The number of thiophene rings is 1. The minimum Gasteiger partial charge on any atom is -0.497 e. The van der Waals surface area contributed by atoms with Gasteiger partial charge in [-0.2, -0.15) is 0 Å². The lowest BCUT2D eigenvalue weighted by atomic mass is 9.90. The molecule has 0 bridgehead atoms. The van der Waals surface area contributed by atoms with Crippen LogP contribution in [0.4, 0.5) is 0 Å². The fourth-order valence-electron chi connectivity index (χ4n) is 5.65. The molecular formula is C30H35N3O4S. The molecule has 1 saturated heterocycles. The third kappa shape index (κ3) is 5.15. The minimum absolute atomic E-state index is 0.0811. The topological polar surface area (TPSA) is 62.3 Å². The number of amides is 2. The molecule has 200 valence electrons. The van der Waals surface area contributed by atoms with E-state index in [4.69, 9.17) is 9.47 Å². The third-order valence-corrected chi connectivity index (χ3v) is 8.72. The van der Waals surface area contributed by atoms with Crippen molar-refractivity contribution in [2.24, 2.45) is 0 Å². The van der Waals surface area contributed by atoms with Crippen molar-refractivity contribution >= 4 is 23.2 Å². The lowest BCUT2D eigenvalue weighted by Crippen LogP contribution is -2.57. The first-order valence-corrected chi connectivity index (χ1v) is 13.9. The zero-order chi connectivity index (χ0) is 26.8. The molecule has 1 aromatic heterocycles. The van der Waals surface area contributed by atoms with E-state index in [2.05, 4.69) is 47.5 Å². The molecule has 0 radical (unpaired) electrons. The number of piperazine rings is 1. The molecule has 8 heteroatoms. The maximum atomic E-state index is 13.6. The Hall–Kier alpha value is -3.36. The Kier molecular flexibility index (Phi) is 7.72. The summed E-state index contributed by atoms with van der Waals surface area (Å²) in [5.41, 5.74) is 4.34. The van der Waals surface area contributed by atoms with Gasteiger partial charge in [-0.25, -0.2) is 0 Å². The Morgan fingerprint density at radius 3 is 2.39 bits per heavy atom. The lowest BCUT2D eigenvalue weighted by molar-refractivity contribution is -0.135. The van der Waals surface area contributed by atoms with E-state index in [1.807, 2.05) is 28.1 Å². The fourth-order valence-corrected chi connectivity index (χ4v) is 6.56. The summed E-state index contributed by atoms with van der Waals surface area (Å²) in [6.45, 7) is 6.88. The number of methoxy groups -OCH3 is 2. The van der Waals surface area contributed by atoms with Crippen LogP contribution >= 0.6 is 11.3 Å². The fraction of sp³-hybridized carbons (Fsp3) is 0.400. The van der Waals surface area contributed by atoms with Crippen LogP contribution in [0, 0.1) is 6.92 Å². The molecule has 0 saturated carbocycles. The smallest absolute Gasteiger partial charge is 0.254 e. The third-order valence-electron chi connectivity index (χ3n) is 7.73. The summed E-state index contributed by atoms with van der Waals surface area (Å²) in [6.07, 6.45) is 0.964. The van der Waals surface area contributed by atoms with Crippen LogP contribution in [0.2, 0.25) is 0 Å². The molecule has 5 rings (SSSR count). The summed E-state index contributed by atoms with van der Waals surface area (Å²) < 4.78 is 10.7. The largest absolute Gasteiger partial charge is 0.497 e. The number of hydrogen-bond acceptors (Lipinski definition) is 6. The van der Waals surface area contributed by atoms with Gasteiger partial charge in [0.05, 0.1) is 26.8 Å². The summed E-state index contributed by atoms with van der Waals surface area (Å²) in [7, 11) is 3.14. The molecule has 2 unspecified atom stereocenters. The molecule has 3 aromatic rings. The summed E-state index contributed by atoms with van der Waals surface area (Å²) in [4.78, 5) is 34.4. The maximum absolute atomic E-state index is 13.6. The molecular weight excluding hydrogens is 498 g/mol. The average Bonchev–Trinajstić information content (AvgIpc) is 3.41. The van der Waals surface area contributed by atoms with E-state index in [0.29, 0.717) is 43.2 Å². The van der Waals surface area contributed by atoms with E-state index in [1.54, 1.807) is 32.4 Å². The van der Waals surface area contributed by atoms with Gasteiger partial charge in [0.2, 0.25) is 5.91 Å². The van der Waals surface area contributed by atoms with Gasteiger partial charge in [0.25, 0.3) is 5.91 Å². The highest BCUT2D eigenvalue weighted by atomic mass is 32.1. The molecule has 0 aliphatic carbocycles. The number of ether oxygens (including phenoxy) is 2. The molecule has 2 aliphatic rings. The van der Waals surface area contributed by atoms with Gasteiger partial charge in [-0.3, -0.25) is 14.5 Å². The van der Waals surface area contributed by atoms with Crippen molar-refractivity contribution in [1.82, 2.24) is 14.7 Å². The second-order valence-corrected chi connectivity index (χ2v) is 11.1. The predicted octanol–water partition coefficient (Wildman–Crippen LogP) is 4.39. The van der Waals surface area contributed by atoms with Gasteiger partial charge in [-0.1, -0.05) is 24.3 Å². The Morgan fingerprint density at radius 2 is 1.71 bits per heavy atom. The molecule has 1 fully saturated rings. The molecule has 2 amide bonds. The monoisotopic (exact) mass is 533 g/mol. The number of benzene rings is 2. The Labute approximate surface area is 228 Å². The number of carbonyl (C=O) groups excluding carboxylic acids is 2. The van der Waals surface area contributed by atoms with Crippen molar-refractivity contribution in [3.8, 4) is 11.5 Å².